The zero-order valence-electron chi connectivity index (χ0n) is 10.5. The first kappa shape index (κ1) is 14.9. The maximum absolute atomic E-state index is 14.0. The lowest BCUT2D eigenvalue weighted by Crippen LogP contribution is -2.12. The number of nitrogens with one attached hydrogen (secondary N) is 1. The lowest BCUT2D eigenvalue weighted by molar-refractivity contribution is 0.585. The lowest BCUT2D eigenvalue weighted by Gasteiger charge is -2.14. The van der Waals surface area contributed by atoms with E-state index in [4.69, 9.17) is 18.0 Å². The van der Waals surface area contributed by atoms with Gasteiger partial charge in [0.2, 0.25) is 0 Å². The van der Waals surface area contributed by atoms with Gasteiger partial charge in [-0.25, -0.2) is 8.78 Å². The average Bonchev–Trinajstić information content (AvgIpc) is 2.39. The molecule has 0 amide bonds. The van der Waals surface area contributed by atoms with Gasteiger partial charge in [0.1, 0.15) is 16.5 Å². The number of hydrogen-bond acceptors (Lipinski definition) is 2. The van der Waals surface area contributed by atoms with Crippen LogP contribution in [-0.4, -0.2) is 4.99 Å². The quantitative estimate of drug-likeness (QED) is 0.799. The zero-order chi connectivity index (χ0) is 14.9. The lowest BCUT2D eigenvalue weighted by atomic mass is 10.1. The molecule has 2 nitrogen and oxygen atoms in total. The molecule has 0 atom stereocenters. The Morgan fingerprint density at radius 2 is 1.95 bits per heavy atom. The summed E-state index contributed by atoms with van der Waals surface area (Å²) < 4.78 is 28.5. The van der Waals surface area contributed by atoms with Crippen LogP contribution in [0.25, 0.3) is 0 Å². The molecule has 20 heavy (non-hydrogen) atoms. The summed E-state index contributed by atoms with van der Waals surface area (Å²) in [6, 6.07) is 7.68. The summed E-state index contributed by atoms with van der Waals surface area (Å²) in [6.07, 6.45) is 0. The smallest absolute Gasteiger partial charge is 0.152 e. The third kappa shape index (κ3) is 2.96. The molecule has 2 rings (SSSR count). The van der Waals surface area contributed by atoms with Crippen LogP contribution in [0, 0.1) is 18.6 Å². The van der Waals surface area contributed by atoms with Gasteiger partial charge in [-0.15, -0.1) is 0 Å². The summed E-state index contributed by atoms with van der Waals surface area (Å²) in [7, 11) is 0. The molecule has 2 aromatic rings. The van der Waals surface area contributed by atoms with Gasteiger partial charge in [0.15, 0.2) is 5.82 Å². The van der Waals surface area contributed by atoms with E-state index in [9.17, 15) is 8.78 Å². The van der Waals surface area contributed by atoms with Crippen molar-refractivity contribution in [1.82, 2.24) is 0 Å². The van der Waals surface area contributed by atoms with Gasteiger partial charge in [0.25, 0.3) is 0 Å². The minimum Gasteiger partial charge on any atom is -0.389 e. The van der Waals surface area contributed by atoms with Gasteiger partial charge in [-0.2, -0.15) is 0 Å². The first-order chi connectivity index (χ1) is 9.40. The number of rotatable bonds is 3. The molecule has 0 aliphatic carbocycles. The van der Waals surface area contributed by atoms with Gasteiger partial charge in [0.05, 0.1) is 0 Å². The first-order valence-electron chi connectivity index (χ1n) is 5.71. The number of hydrogen-bond donors (Lipinski definition) is 2. The molecule has 6 heteroatoms. The minimum absolute atomic E-state index is 0.147. The molecule has 0 aromatic heterocycles. The van der Waals surface area contributed by atoms with Crippen LogP contribution in [0.15, 0.2) is 34.8 Å². The van der Waals surface area contributed by atoms with Crippen LogP contribution in [0.2, 0.25) is 0 Å². The Kier molecular flexibility index (Phi) is 4.35. The van der Waals surface area contributed by atoms with Gasteiger partial charge in [-0.05, 0) is 36.8 Å². The van der Waals surface area contributed by atoms with E-state index in [0.29, 0.717) is 16.8 Å². The minimum atomic E-state index is -0.679. The van der Waals surface area contributed by atoms with Crippen LogP contribution < -0.4 is 11.1 Å². The van der Waals surface area contributed by atoms with Gasteiger partial charge in [-0.3, -0.25) is 0 Å². The molecule has 0 unspecified atom stereocenters. The highest BCUT2D eigenvalue weighted by Gasteiger charge is 2.14. The molecular weight excluding hydrogens is 346 g/mol. The van der Waals surface area contributed by atoms with Crippen molar-refractivity contribution in [2.24, 2.45) is 5.73 Å². The molecule has 0 aliphatic heterocycles. The summed E-state index contributed by atoms with van der Waals surface area (Å²) in [5.41, 5.74) is 6.70. The molecule has 0 heterocycles. The van der Waals surface area contributed by atoms with Gasteiger partial charge in [-0.1, -0.05) is 34.2 Å². The van der Waals surface area contributed by atoms with Crippen LogP contribution in [0.1, 0.15) is 11.1 Å². The van der Waals surface area contributed by atoms with E-state index < -0.39 is 11.6 Å². The fourth-order valence-corrected chi connectivity index (χ4v) is 2.28. The summed E-state index contributed by atoms with van der Waals surface area (Å²) in [5.74, 6) is -1.32. The number of benzene rings is 2. The average molecular weight is 357 g/mol. The molecule has 0 saturated carbocycles. The Balaban J connectivity index is 2.53. The Labute approximate surface area is 129 Å². The van der Waals surface area contributed by atoms with Crippen LogP contribution in [0.4, 0.5) is 20.2 Å². The second-order valence-electron chi connectivity index (χ2n) is 4.23. The molecule has 104 valence electrons. The van der Waals surface area contributed by atoms with Crippen LogP contribution in [0.3, 0.4) is 0 Å². The number of halogens is 3. The highest BCUT2D eigenvalue weighted by atomic mass is 79.9. The molecule has 0 bridgehead atoms. The fourth-order valence-electron chi connectivity index (χ4n) is 1.74. The molecule has 0 aliphatic rings. The molecule has 0 saturated heterocycles. The highest BCUT2D eigenvalue weighted by molar-refractivity contribution is 9.10. The van der Waals surface area contributed by atoms with Crippen LogP contribution in [0.5, 0.6) is 0 Å². The number of nitrogens with two attached hydrogens (primary N) is 1. The van der Waals surface area contributed by atoms with Crippen molar-refractivity contribution in [3.63, 3.8) is 0 Å². The molecule has 3 N–H and O–H groups in total. The molecular formula is C14H11BrF2N2S. The van der Waals surface area contributed by atoms with Crippen molar-refractivity contribution < 1.29 is 8.78 Å². The summed E-state index contributed by atoms with van der Waals surface area (Å²) in [6.45, 7) is 1.56. The standard InChI is InChI=1S/C14H11BrF2N2S/c1-7-2-5-10(16)13(12(7)17)19-11-6-8(15)3-4-9(11)14(18)20/h2-6,19H,1H3,(H2,18,20). The van der Waals surface area contributed by atoms with E-state index >= 15 is 0 Å². The van der Waals surface area contributed by atoms with E-state index in [1.165, 1.54) is 12.1 Å². The van der Waals surface area contributed by atoms with E-state index in [0.717, 1.165) is 4.47 Å². The number of thiocarbonyl (C=S) groups is 1. The van der Waals surface area contributed by atoms with Crippen LogP contribution >= 0.6 is 28.1 Å². The third-order valence-electron chi connectivity index (χ3n) is 2.79. The van der Waals surface area contributed by atoms with E-state index in [2.05, 4.69) is 21.2 Å². The second kappa shape index (κ2) is 5.85. The Morgan fingerprint density at radius 3 is 2.60 bits per heavy atom. The Morgan fingerprint density at radius 1 is 1.25 bits per heavy atom. The van der Waals surface area contributed by atoms with Crippen LogP contribution in [-0.2, 0) is 0 Å². The first-order valence-corrected chi connectivity index (χ1v) is 6.91. The topological polar surface area (TPSA) is 38.0 Å². The second-order valence-corrected chi connectivity index (χ2v) is 5.59. The van der Waals surface area contributed by atoms with Crippen molar-refractivity contribution in [3.05, 3.63) is 57.6 Å². The van der Waals surface area contributed by atoms with E-state index in [-0.39, 0.29) is 10.7 Å². The van der Waals surface area contributed by atoms with Crippen molar-refractivity contribution in [2.45, 2.75) is 6.92 Å². The van der Waals surface area contributed by atoms with Crippen molar-refractivity contribution in [3.8, 4) is 0 Å². The predicted molar refractivity (Wildman–Crippen MR) is 84.4 cm³/mol. The fraction of sp³-hybridized carbons (Fsp3) is 0.0714. The molecule has 2 aromatic carbocycles. The van der Waals surface area contributed by atoms with Gasteiger partial charge >= 0.3 is 0 Å². The number of aryl methyl sites for hydroxylation is 1. The normalized spacial score (nSPS) is 10.4. The van der Waals surface area contributed by atoms with Gasteiger partial charge in [0, 0.05) is 15.7 Å². The summed E-state index contributed by atoms with van der Waals surface area (Å²) in [5, 5.41) is 2.72. The number of anilines is 2. The van der Waals surface area contributed by atoms with Gasteiger partial charge < -0.3 is 11.1 Å². The molecule has 0 spiro atoms. The third-order valence-corrected chi connectivity index (χ3v) is 3.50. The molecule has 0 radical (unpaired) electrons. The molecule has 0 fully saturated rings. The van der Waals surface area contributed by atoms with E-state index in [1.807, 2.05) is 0 Å². The summed E-state index contributed by atoms with van der Waals surface area (Å²) >= 11 is 8.23. The Bertz CT molecular complexity index is 689. The maximum Gasteiger partial charge on any atom is 0.152 e. The highest BCUT2D eigenvalue weighted by Crippen LogP contribution is 2.29. The maximum atomic E-state index is 14.0. The predicted octanol–water partition coefficient (Wildman–Crippen LogP) is 4.41. The van der Waals surface area contributed by atoms with E-state index in [1.54, 1.807) is 25.1 Å². The van der Waals surface area contributed by atoms with Crippen molar-refractivity contribution >= 4 is 44.5 Å². The largest absolute Gasteiger partial charge is 0.389 e. The van der Waals surface area contributed by atoms with Crippen molar-refractivity contribution in [2.75, 3.05) is 5.32 Å². The monoisotopic (exact) mass is 356 g/mol. The zero-order valence-corrected chi connectivity index (χ0v) is 12.9. The Hall–Kier alpha value is -1.53. The van der Waals surface area contributed by atoms with Crippen molar-refractivity contribution in [1.29, 1.82) is 0 Å². The SMILES string of the molecule is Cc1ccc(F)c(Nc2cc(Br)ccc2C(N)=S)c1F. The summed E-state index contributed by atoms with van der Waals surface area (Å²) in [4.78, 5) is 0.147.